The van der Waals surface area contributed by atoms with Crippen molar-refractivity contribution in [1.29, 1.82) is 0 Å². The maximum atomic E-state index is 13.4. The van der Waals surface area contributed by atoms with Crippen molar-refractivity contribution in [2.24, 2.45) is 11.8 Å². The molecule has 0 saturated carbocycles. The van der Waals surface area contributed by atoms with Crippen LogP contribution in [0.2, 0.25) is 0 Å². The van der Waals surface area contributed by atoms with Crippen molar-refractivity contribution < 1.29 is 116 Å². The van der Waals surface area contributed by atoms with E-state index in [0.29, 0.717) is 29.2 Å². The van der Waals surface area contributed by atoms with E-state index in [2.05, 4.69) is 30.0 Å². The van der Waals surface area contributed by atoms with Crippen LogP contribution < -0.4 is 30.5 Å². The number of halogens is 12. The number of carbonyl (C=O) groups excluding carboxylic acids is 4. The highest BCUT2D eigenvalue weighted by Crippen LogP contribution is 2.39. The minimum absolute atomic E-state index is 0.0851. The van der Waals surface area contributed by atoms with Gasteiger partial charge < -0.3 is 45.6 Å². The van der Waals surface area contributed by atoms with Gasteiger partial charge in [0, 0.05) is 68.8 Å². The molecule has 6 aromatic rings. The average molecular weight is 1290 g/mol. The molecule has 3 atom stereocenters. The largest absolute Gasteiger partial charge is 0.490 e. The first-order valence-electron chi connectivity index (χ1n) is 26.0. The third-order valence-corrected chi connectivity index (χ3v) is 14.0. The number of aromatic nitrogens is 6. The van der Waals surface area contributed by atoms with Crippen LogP contribution in [0.3, 0.4) is 0 Å². The first-order chi connectivity index (χ1) is 42.0. The minimum Gasteiger partial charge on any atom is -0.475 e. The molecule has 3 unspecified atom stereocenters. The molecule has 3 aromatic heterocycles. The number of nitrogen functional groups attached to an aromatic ring is 1. The van der Waals surface area contributed by atoms with Gasteiger partial charge in [0.25, 0.3) is 11.8 Å². The number of ether oxygens (including phenoxy) is 1. The fourth-order valence-corrected chi connectivity index (χ4v) is 9.79. The summed E-state index contributed by atoms with van der Waals surface area (Å²) in [5.74, 6) is -9.65. The van der Waals surface area contributed by atoms with Gasteiger partial charge in [0.15, 0.2) is 5.65 Å². The number of carboxylic acids is 4. The molecule has 0 aliphatic carbocycles. The first kappa shape index (κ1) is 67.1. The molecule has 0 bridgehead atoms. The summed E-state index contributed by atoms with van der Waals surface area (Å²) in [7, 11) is 0. The summed E-state index contributed by atoms with van der Waals surface area (Å²) in [6, 6.07) is 22.0. The molecular weight excluding hydrogens is 1240 g/mol. The van der Waals surface area contributed by atoms with E-state index in [9.17, 15) is 71.9 Å². The lowest BCUT2D eigenvalue weighted by Gasteiger charge is -2.33. The van der Waals surface area contributed by atoms with Gasteiger partial charge in [-0.1, -0.05) is 18.2 Å². The summed E-state index contributed by atoms with van der Waals surface area (Å²) >= 11 is 0. The molecule has 25 nitrogen and oxygen atoms in total. The van der Waals surface area contributed by atoms with Crippen LogP contribution in [0.5, 0.6) is 11.5 Å². The Kier molecular flexibility index (Phi) is 20.1. The Bertz CT molecular complexity index is 3550. The van der Waals surface area contributed by atoms with E-state index in [4.69, 9.17) is 65.1 Å². The zero-order valence-corrected chi connectivity index (χ0v) is 45.6. The van der Waals surface area contributed by atoms with Crippen LogP contribution in [0, 0.1) is 11.8 Å². The number of amides is 4. The third-order valence-electron chi connectivity index (χ3n) is 14.0. The van der Waals surface area contributed by atoms with Crippen LogP contribution in [0.25, 0.3) is 22.3 Å². The number of anilines is 4. The van der Waals surface area contributed by atoms with Gasteiger partial charge in [0.1, 0.15) is 35.4 Å². The van der Waals surface area contributed by atoms with Gasteiger partial charge in [0.05, 0.1) is 40.6 Å². The smallest absolute Gasteiger partial charge is 0.475 e. The topological polar surface area (TPSA) is 347 Å². The molecule has 7 N–H and O–H groups in total. The number of nitrogens with two attached hydrogens (primary N) is 1. The molecule has 4 amide bonds. The quantitative estimate of drug-likeness (QED) is 0.0659. The predicted molar refractivity (Wildman–Crippen MR) is 283 cm³/mol. The van der Waals surface area contributed by atoms with Gasteiger partial charge in [-0.15, -0.1) is 0 Å². The summed E-state index contributed by atoms with van der Waals surface area (Å²) in [4.78, 5) is 113. The standard InChI is InChI=1S/C45H42N12O5.4C2HF3O2/c46-40-38-39(26-6-9-33(10-7-26)62-32-4-2-1-3-5-32)52-57(41(38)50-25-49-40)29-14-16-53(17-15-29)31-19-47-45(48-20-31)55-23-27-21-54(22-28(27)24-55)30-8-11-34-35(18-30)44(61)56(43(34)60)36-12-13-37(58)51-42(36)59;4*3-2(4,5)1(6)7/h1-11,18-20,25,27-29,36H,12-17,21-24H2,(H2,46,49,50)(H,51,58,59);4*(H,6,7). The Morgan fingerprint density at radius 3 is 1.57 bits per heavy atom. The summed E-state index contributed by atoms with van der Waals surface area (Å²) in [6.07, 6.45) is -13.1. The van der Waals surface area contributed by atoms with E-state index in [-0.39, 0.29) is 24.4 Å². The predicted octanol–water partition coefficient (Wildman–Crippen LogP) is 7.01. The number of rotatable bonds is 8. The molecule has 5 aliphatic rings. The van der Waals surface area contributed by atoms with Crippen LogP contribution in [-0.2, 0) is 28.8 Å². The number of nitrogens with one attached hydrogen (secondary N) is 1. The van der Waals surface area contributed by atoms with Gasteiger partial charge in [0.2, 0.25) is 17.8 Å². The fourth-order valence-electron chi connectivity index (χ4n) is 9.79. The van der Waals surface area contributed by atoms with Crippen molar-refractivity contribution in [1.82, 2.24) is 39.9 Å². The highest BCUT2D eigenvalue weighted by atomic mass is 19.4. The zero-order valence-electron chi connectivity index (χ0n) is 45.6. The fraction of sp³-hybridized carbons (Fsp3) is 0.340. The van der Waals surface area contributed by atoms with Gasteiger partial charge in [-0.25, -0.2) is 43.8 Å². The maximum absolute atomic E-state index is 13.4. The van der Waals surface area contributed by atoms with E-state index in [1.807, 2.05) is 77.7 Å². The van der Waals surface area contributed by atoms with Gasteiger partial charge in [-0.3, -0.25) is 29.4 Å². The Labute approximate surface area is 496 Å². The van der Waals surface area contributed by atoms with Crippen molar-refractivity contribution in [3.8, 4) is 22.8 Å². The van der Waals surface area contributed by atoms with Crippen molar-refractivity contribution in [2.75, 3.05) is 59.7 Å². The summed E-state index contributed by atoms with van der Waals surface area (Å²) in [6.45, 7) is 4.84. The summed E-state index contributed by atoms with van der Waals surface area (Å²) in [5, 5.41) is 36.6. The highest BCUT2D eigenvalue weighted by molar-refractivity contribution is 6.23. The van der Waals surface area contributed by atoms with Crippen LogP contribution >= 0.6 is 0 Å². The number of carboxylic acid groups (broad SMARTS) is 4. The number of hydrogen-bond donors (Lipinski definition) is 6. The second-order valence-corrected chi connectivity index (χ2v) is 19.9. The van der Waals surface area contributed by atoms with Crippen molar-refractivity contribution in [3.63, 3.8) is 0 Å². The number of fused-ring (bicyclic) bond motifs is 3. The molecule has 90 heavy (non-hydrogen) atoms. The number of hydrogen-bond acceptors (Lipinski definition) is 18. The molecule has 0 radical (unpaired) electrons. The number of piperidine rings is 2. The normalized spacial score (nSPS) is 18.3. The highest BCUT2D eigenvalue weighted by Gasteiger charge is 2.47. The Hall–Kier alpha value is -10.4. The number of benzene rings is 3. The molecular formula is C53H46F12N12O13. The van der Waals surface area contributed by atoms with Crippen LogP contribution in [0.15, 0.2) is 91.5 Å². The van der Waals surface area contributed by atoms with Gasteiger partial charge >= 0.3 is 48.6 Å². The summed E-state index contributed by atoms with van der Waals surface area (Å²) in [5.41, 5.74) is 11.2. The number of alkyl halides is 12. The van der Waals surface area contributed by atoms with Gasteiger partial charge in [-0.2, -0.15) is 57.8 Å². The van der Waals surface area contributed by atoms with E-state index < -0.39 is 78.3 Å². The van der Waals surface area contributed by atoms with E-state index >= 15 is 0 Å². The number of para-hydroxylation sites is 1. The second-order valence-electron chi connectivity index (χ2n) is 19.9. The molecule has 3 aromatic carbocycles. The van der Waals surface area contributed by atoms with Crippen molar-refractivity contribution in [3.05, 3.63) is 103 Å². The molecule has 8 heterocycles. The molecule has 4 saturated heterocycles. The van der Waals surface area contributed by atoms with E-state index in [1.165, 1.54) is 6.33 Å². The van der Waals surface area contributed by atoms with Crippen LogP contribution in [0.4, 0.5) is 75.8 Å². The van der Waals surface area contributed by atoms with Crippen molar-refractivity contribution in [2.45, 2.75) is 62.5 Å². The zero-order chi connectivity index (χ0) is 66.4. The lowest BCUT2D eigenvalue weighted by atomic mass is 10.0. The number of aliphatic carboxylic acids is 4. The molecule has 480 valence electrons. The van der Waals surface area contributed by atoms with E-state index in [1.54, 1.807) is 12.1 Å². The van der Waals surface area contributed by atoms with Crippen LogP contribution in [-0.4, -0.2) is 173 Å². The first-order valence-corrected chi connectivity index (χ1v) is 26.0. The Morgan fingerprint density at radius 1 is 0.578 bits per heavy atom. The monoisotopic (exact) mass is 1290 g/mol. The molecule has 37 heteroatoms. The third kappa shape index (κ3) is 16.2. The Morgan fingerprint density at radius 2 is 1.07 bits per heavy atom. The molecule has 11 rings (SSSR count). The van der Waals surface area contributed by atoms with Crippen molar-refractivity contribution >= 4 is 81.7 Å². The summed E-state index contributed by atoms with van der Waals surface area (Å²) < 4.78 is 135. The Balaban J connectivity index is 0.000000343. The number of carbonyl (C=O) groups is 8. The molecule has 5 aliphatic heterocycles. The van der Waals surface area contributed by atoms with Crippen LogP contribution in [0.1, 0.15) is 52.4 Å². The molecule has 0 spiro atoms. The SMILES string of the molecule is Nc1ncnc2c1c(-c1ccc(Oc3ccccc3)cc1)nn2C1CCN(c2cnc(N3CC4CN(c5ccc6c(c5)C(=O)N(C5CCC(=O)NC5=O)C6=O)CC4C3)nc2)CC1.O=C(O)C(F)(F)F.O=C(O)C(F)(F)F.O=C(O)C(F)(F)F.O=C(O)C(F)(F)F. The molecule has 4 fully saturated rings. The van der Waals surface area contributed by atoms with E-state index in [0.717, 1.165) is 102 Å². The minimum atomic E-state index is -5.08. The number of imide groups is 2. The lowest BCUT2D eigenvalue weighted by molar-refractivity contribution is -0.193. The maximum Gasteiger partial charge on any atom is 0.490 e. The van der Waals surface area contributed by atoms with Gasteiger partial charge in [-0.05, 0) is 73.9 Å². The average Bonchev–Trinajstić information content (AvgIpc) is 1.67. The second kappa shape index (κ2) is 26.9. The lowest BCUT2D eigenvalue weighted by Crippen LogP contribution is -2.54. The number of nitrogens with zero attached hydrogens (tertiary/aromatic N) is 10.